The first-order chi connectivity index (χ1) is 13.4. The molecule has 0 heterocycles. The van der Waals surface area contributed by atoms with Crippen molar-refractivity contribution in [1.82, 2.24) is 0 Å². The Bertz CT molecular complexity index is 761. The van der Waals surface area contributed by atoms with Crippen molar-refractivity contribution >= 4 is 39.3 Å². The summed E-state index contributed by atoms with van der Waals surface area (Å²) in [7, 11) is 3.04. The predicted molar refractivity (Wildman–Crippen MR) is 116 cm³/mol. The number of rotatable bonds is 10. The largest absolute Gasteiger partial charge is 0.481 e. The molecule has 0 aliphatic heterocycles. The Morgan fingerprint density at radius 3 is 2.29 bits per heavy atom. The van der Waals surface area contributed by atoms with E-state index in [0.29, 0.717) is 17.4 Å². The van der Waals surface area contributed by atoms with Gasteiger partial charge in [0.2, 0.25) is 0 Å². The van der Waals surface area contributed by atoms with Crippen molar-refractivity contribution in [2.75, 3.05) is 11.1 Å². The SMILES string of the molecule is CC(C)Cc1ccc(NC(=O)OCc2ccc(SSCCC(=O)O)cc2)cc1. The van der Waals surface area contributed by atoms with Crippen molar-refractivity contribution in [3.8, 4) is 0 Å². The van der Waals surface area contributed by atoms with E-state index in [0.717, 1.165) is 16.9 Å². The number of hydrogen-bond acceptors (Lipinski definition) is 5. The number of benzene rings is 2. The minimum atomic E-state index is -0.787. The minimum absolute atomic E-state index is 0.152. The number of carbonyl (C=O) groups excluding carboxylic acids is 1. The Labute approximate surface area is 173 Å². The van der Waals surface area contributed by atoms with E-state index in [1.807, 2.05) is 48.5 Å². The third kappa shape index (κ3) is 8.71. The first-order valence-corrected chi connectivity index (χ1v) is 11.4. The molecule has 0 saturated heterocycles. The standard InChI is InChI=1S/C21H25NO4S2/c1-15(2)13-16-3-7-18(8-4-16)22-21(25)26-14-17-5-9-19(10-6-17)28-27-12-11-20(23)24/h3-10,15H,11-14H2,1-2H3,(H,22,25)(H,23,24). The van der Waals surface area contributed by atoms with Gasteiger partial charge in [-0.3, -0.25) is 10.1 Å². The summed E-state index contributed by atoms with van der Waals surface area (Å²) < 4.78 is 5.26. The van der Waals surface area contributed by atoms with Gasteiger partial charge in [0.15, 0.2) is 0 Å². The average molecular weight is 420 g/mol. The third-order valence-electron chi connectivity index (χ3n) is 3.69. The van der Waals surface area contributed by atoms with Crippen molar-refractivity contribution in [2.24, 2.45) is 5.92 Å². The van der Waals surface area contributed by atoms with E-state index < -0.39 is 12.1 Å². The first kappa shape index (κ1) is 22.2. The Hall–Kier alpha value is -2.12. The second-order valence-corrected chi connectivity index (χ2v) is 9.18. The molecule has 2 rings (SSSR count). The Kier molecular flexibility index (Phi) is 9.23. The summed E-state index contributed by atoms with van der Waals surface area (Å²) in [4.78, 5) is 23.5. The van der Waals surface area contributed by atoms with Crippen LogP contribution in [-0.2, 0) is 22.6 Å². The van der Waals surface area contributed by atoms with Crippen LogP contribution in [0.3, 0.4) is 0 Å². The number of carbonyl (C=O) groups is 2. The monoisotopic (exact) mass is 419 g/mol. The van der Waals surface area contributed by atoms with Crippen molar-refractivity contribution in [3.63, 3.8) is 0 Å². The van der Waals surface area contributed by atoms with E-state index in [1.54, 1.807) is 0 Å². The van der Waals surface area contributed by atoms with E-state index in [9.17, 15) is 9.59 Å². The molecule has 2 aromatic carbocycles. The van der Waals surface area contributed by atoms with Gasteiger partial charge in [0.05, 0.1) is 6.42 Å². The quantitative estimate of drug-likeness (QED) is 0.372. The number of ether oxygens (including phenoxy) is 1. The number of nitrogens with one attached hydrogen (secondary N) is 1. The summed E-state index contributed by atoms with van der Waals surface area (Å²) >= 11 is 0. The van der Waals surface area contributed by atoms with Gasteiger partial charge in [0, 0.05) is 16.3 Å². The molecule has 0 bridgehead atoms. The number of amides is 1. The molecular formula is C21H25NO4S2. The highest BCUT2D eigenvalue weighted by Crippen LogP contribution is 2.31. The molecule has 0 atom stereocenters. The zero-order chi connectivity index (χ0) is 20.4. The Morgan fingerprint density at radius 2 is 1.68 bits per heavy atom. The Balaban J connectivity index is 1.72. The molecule has 0 unspecified atom stereocenters. The molecule has 2 N–H and O–H groups in total. The topological polar surface area (TPSA) is 75.6 Å². The van der Waals surface area contributed by atoms with E-state index in [2.05, 4.69) is 19.2 Å². The molecule has 0 aromatic heterocycles. The maximum atomic E-state index is 12.0. The minimum Gasteiger partial charge on any atom is -0.481 e. The van der Waals surface area contributed by atoms with E-state index >= 15 is 0 Å². The fourth-order valence-corrected chi connectivity index (χ4v) is 4.34. The van der Waals surface area contributed by atoms with Gasteiger partial charge in [-0.25, -0.2) is 4.79 Å². The van der Waals surface area contributed by atoms with Crippen molar-refractivity contribution in [2.45, 2.75) is 38.2 Å². The molecule has 150 valence electrons. The van der Waals surface area contributed by atoms with Gasteiger partial charge in [0.25, 0.3) is 0 Å². The van der Waals surface area contributed by atoms with Gasteiger partial charge in [0.1, 0.15) is 6.61 Å². The van der Waals surface area contributed by atoms with Crippen LogP contribution in [-0.4, -0.2) is 22.9 Å². The molecule has 0 aliphatic rings. The molecule has 0 saturated carbocycles. The van der Waals surface area contributed by atoms with Crippen LogP contribution >= 0.6 is 21.6 Å². The normalized spacial score (nSPS) is 10.7. The van der Waals surface area contributed by atoms with Crippen LogP contribution in [0.1, 0.15) is 31.4 Å². The fraction of sp³-hybridized carbons (Fsp3) is 0.333. The summed E-state index contributed by atoms with van der Waals surface area (Å²) in [5.74, 6) is 0.367. The van der Waals surface area contributed by atoms with Crippen molar-refractivity contribution in [1.29, 1.82) is 0 Å². The average Bonchev–Trinajstić information content (AvgIpc) is 2.65. The van der Waals surface area contributed by atoms with Gasteiger partial charge in [-0.05, 0) is 47.7 Å². The number of aliphatic carboxylic acids is 1. The van der Waals surface area contributed by atoms with Gasteiger partial charge in [-0.15, -0.1) is 0 Å². The lowest BCUT2D eigenvalue weighted by atomic mass is 10.0. The predicted octanol–water partition coefficient (Wildman–Crippen LogP) is 5.85. The highest BCUT2D eigenvalue weighted by Gasteiger charge is 2.05. The smallest absolute Gasteiger partial charge is 0.411 e. The maximum Gasteiger partial charge on any atom is 0.411 e. The molecule has 1 amide bonds. The number of hydrogen-bond donors (Lipinski definition) is 2. The van der Waals surface area contributed by atoms with Crippen LogP contribution in [0.15, 0.2) is 53.4 Å². The first-order valence-electron chi connectivity index (χ1n) is 9.05. The van der Waals surface area contributed by atoms with Gasteiger partial charge >= 0.3 is 12.1 Å². The van der Waals surface area contributed by atoms with Gasteiger partial charge in [-0.1, -0.05) is 59.7 Å². The zero-order valence-electron chi connectivity index (χ0n) is 16.0. The number of anilines is 1. The molecule has 2 aromatic rings. The van der Waals surface area contributed by atoms with E-state index in [4.69, 9.17) is 9.84 Å². The van der Waals surface area contributed by atoms with Crippen LogP contribution in [0.25, 0.3) is 0 Å². The molecule has 5 nitrogen and oxygen atoms in total. The lowest BCUT2D eigenvalue weighted by molar-refractivity contribution is -0.136. The lowest BCUT2D eigenvalue weighted by Gasteiger charge is -2.09. The van der Waals surface area contributed by atoms with Crippen LogP contribution in [0, 0.1) is 5.92 Å². The molecular weight excluding hydrogens is 394 g/mol. The van der Waals surface area contributed by atoms with Crippen LogP contribution in [0.2, 0.25) is 0 Å². The van der Waals surface area contributed by atoms with Crippen LogP contribution in [0.4, 0.5) is 10.5 Å². The van der Waals surface area contributed by atoms with Gasteiger partial charge < -0.3 is 9.84 Å². The number of carboxylic acid groups (broad SMARTS) is 1. The molecule has 0 spiro atoms. The highest BCUT2D eigenvalue weighted by molar-refractivity contribution is 8.76. The van der Waals surface area contributed by atoms with Gasteiger partial charge in [-0.2, -0.15) is 0 Å². The summed E-state index contributed by atoms with van der Waals surface area (Å²) in [6, 6.07) is 15.5. The number of carboxylic acids is 1. The summed E-state index contributed by atoms with van der Waals surface area (Å²) in [6.45, 7) is 4.54. The van der Waals surface area contributed by atoms with Crippen LogP contribution in [0.5, 0.6) is 0 Å². The van der Waals surface area contributed by atoms with Crippen molar-refractivity contribution in [3.05, 3.63) is 59.7 Å². The summed E-state index contributed by atoms with van der Waals surface area (Å²) in [6.07, 6.45) is 0.676. The lowest BCUT2D eigenvalue weighted by Crippen LogP contribution is -2.13. The highest BCUT2D eigenvalue weighted by atomic mass is 33.1. The maximum absolute atomic E-state index is 12.0. The molecule has 28 heavy (non-hydrogen) atoms. The molecule has 0 fully saturated rings. The second kappa shape index (κ2) is 11.7. The Morgan fingerprint density at radius 1 is 1.04 bits per heavy atom. The molecule has 7 heteroatoms. The van der Waals surface area contributed by atoms with E-state index in [1.165, 1.54) is 27.2 Å². The molecule has 0 radical (unpaired) electrons. The second-order valence-electron chi connectivity index (χ2n) is 6.69. The summed E-state index contributed by atoms with van der Waals surface area (Å²) in [5, 5.41) is 11.3. The third-order valence-corrected chi connectivity index (χ3v) is 6.08. The summed E-state index contributed by atoms with van der Waals surface area (Å²) in [5.41, 5.74) is 2.85. The van der Waals surface area contributed by atoms with Crippen LogP contribution < -0.4 is 5.32 Å². The molecule has 0 aliphatic carbocycles. The fourth-order valence-electron chi connectivity index (χ4n) is 2.38. The van der Waals surface area contributed by atoms with E-state index in [-0.39, 0.29) is 13.0 Å². The van der Waals surface area contributed by atoms with Crippen molar-refractivity contribution < 1.29 is 19.4 Å². The zero-order valence-corrected chi connectivity index (χ0v) is 17.6.